The summed E-state index contributed by atoms with van der Waals surface area (Å²) in [6.45, 7) is 4.08. The summed E-state index contributed by atoms with van der Waals surface area (Å²) in [6, 6.07) is 9.96. The molecule has 0 radical (unpaired) electrons. The van der Waals surface area contributed by atoms with Crippen molar-refractivity contribution in [2.45, 2.75) is 88.0 Å². The molecule has 0 aromatic heterocycles. The van der Waals surface area contributed by atoms with Crippen LogP contribution in [0.15, 0.2) is 47.4 Å². The second kappa shape index (κ2) is 12.8. The van der Waals surface area contributed by atoms with Gasteiger partial charge >= 0.3 is 6.09 Å². The Hall–Kier alpha value is -4.20. The molecule has 4 amide bonds. The lowest BCUT2D eigenvalue weighted by Crippen LogP contribution is -2.56. The fourth-order valence-corrected chi connectivity index (χ4v) is 8.48. The van der Waals surface area contributed by atoms with Gasteiger partial charge in [0.2, 0.25) is 11.8 Å². The van der Waals surface area contributed by atoms with Crippen LogP contribution in [0.5, 0.6) is 0 Å². The number of nitrogens with one attached hydrogen (secondary N) is 3. The molecule has 1 saturated heterocycles. The van der Waals surface area contributed by atoms with Crippen LogP contribution < -0.4 is 15.4 Å². The Balaban J connectivity index is 1.18. The molecule has 2 aromatic rings. The Bertz CT molecular complexity index is 1700. The minimum atomic E-state index is -4.30. The van der Waals surface area contributed by atoms with E-state index in [0.717, 1.165) is 25.7 Å². The van der Waals surface area contributed by atoms with Crippen molar-refractivity contribution in [3.8, 4) is 0 Å². The van der Waals surface area contributed by atoms with Gasteiger partial charge in [0.05, 0.1) is 18.8 Å². The first-order chi connectivity index (χ1) is 22.4. The number of anilines is 1. The van der Waals surface area contributed by atoms with Gasteiger partial charge in [-0.05, 0) is 48.4 Å². The molecule has 252 valence electrons. The van der Waals surface area contributed by atoms with Crippen LogP contribution in [0.25, 0.3) is 0 Å². The Morgan fingerprint density at radius 2 is 1.85 bits per heavy atom. The zero-order chi connectivity index (χ0) is 33.5. The van der Waals surface area contributed by atoms with Crippen LogP contribution in [-0.4, -0.2) is 72.8 Å². The predicted octanol–water partition coefficient (Wildman–Crippen LogP) is 3.27. The first-order valence-corrected chi connectivity index (χ1v) is 17.6. The lowest BCUT2D eigenvalue weighted by molar-refractivity contribution is -0.138. The molecular formula is C33H40FN5O7S. The molecule has 1 saturated carbocycles. The van der Waals surface area contributed by atoms with Crippen LogP contribution in [-0.2, 0) is 42.2 Å². The number of nitrogens with zero attached hydrogens (tertiary/aromatic N) is 2. The van der Waals surface area contributed by atoms with Crippen molar-refractivity contribution in [2.75, 3.05) is 18.4 Å². The molecule has 3 N–H and O–H groups in total. The molecule has 47 heavy (non-hydrogen) atoms. The Kier molecular flexibility index (Phi) is 8.90. The van der Waals surface area contributed by atoms with Crippen LogP contribution in [0.1, 0.15) is 63.5 Å². The summed E-state index contributed by atoms with van der Waals surface area (Å²) < 4.78 is 49.1. The smallest absolute Gasteiger partial charge is 0.410 e. The Morgan fingerprint density at radius 1 is 1.06 bits per heavy atom. The van der Waals surface area contributed by atoms with Crippen molar-refractivity contribution in [1.82, 2.24) is 19.8 Å². The number of carbonyl (C=O) groups is 4. The molecule has 0 bridgehead atoms. The summed E-state index contributed by atoms with van der Waals surface area (Å²) in [5, 5.41) is 6.01. The molecule has 14 heteroatoms. The summed E-state index contributed by atoms with van der Waals surface area (Å²) in [7, 11) is -4.30. The zero-order valence-electron chi connectivity index (χ0n) is 26.5. The molecule has 4 aliphatic rings. The fraction of sp³-hybridized carbons (Fsp3) is 0.515. The SMILES string of the molecule is CC(=O)N1C[C@H](OC(=O)N2Cc3cccc(F)c3C2)C[C@H]1C(=O)N[C@]12CC1C(C)CCCCCNc1ccccc1S(=O)(=O)NC2=O. The number of benzene rings is 2. The van der Waals surface area contributed by atoms with Crippen molar-refractivity contribution in [3.63, 3.8) is 0 Å². The number of likely N-dealkylation sites (tertiary alicyclic amines) is 1. The minimum absolute atomic E-state index is 0.0123. The number of sulfonamides is 1. The third-order valence-electron chi connectivity index (χ3n) is 9.93. The molecule has 1 aliphatic carbocycles. The summed E-state index contributed by atoms with van der Waals surface area (Å²) in [4.78, 5) is 56.0. The number of para-hydroxylation sites is 1. The van der Waals surface area contributed by atoms with E-state index >= 15 is 0 Å². The van der Waals surface area contributed by atoms with Crippen molar-refractivity contribution in [1.29, 1.82) is 0 Å². The van der Waals surface area contributed by atoms with Gasteiger partial charge in [-0.15, -0.1) is 0 Å². The largest absolute Gasteiger partial charge is 0.444 e. The van der Waals surface area contributed by atoms with E-state index in [2.05, 4.69) is 15.4 Å². The number of halogens is 1. The van der Waals surface area contributed by atoms with Gasteiger partial charge in [-0.1, -0.05) is 50.5 Å². The highest BCUT2D eigenvalue weighted by Crippen LogP contribution is 2.50. The van der Waals surface area contributed by atoms with E-state index in [-0.39, 0.29) is 49.2 Å². The van der Waals surface area contributed by atoms with E-state index in [9.17, 15) is 32.0 Å². The van der Waals surface area contributed by atoms with E-state index in [1.165, 1.54) is 28.9 Å². The zero-order valence-corrected chi connectivity index (χ0v) is 27.3. The molecule has 3 heterocycles. The highest BCUT2D eigenvalue weighted by molar-refractivity contribution is 7.90. The number of rotatable bonds is 3. The van der Waals surface area contributed by atoms with Gasteiger partial charge in [0.25, 0.3) is 15.9 Å². The highest BCUT2D eigenvalue weighted by Gasteiger charge is 2.64. The van der Waals surface area contributed by atoms with Gasteiger partial charge in [0.1, 0.15) is 28.4 Å². The number of hydrogen-bond acceptors (Lipinski definition) is 8. The third-order valence-corrected chi connectivity index (χ3v) is 11.3. The lowest BCUT2D eigenvalue weighted by atomic mass is 9.94. The molecule has 2 aromatic carbocycles. The van der Waals surface area contributed by atoms with Gasteiger partial charge < -0.3 is 20.3 Å². The Morgan fingerprint density at radius 3 is 2.62 bits per heavy atom. The fourth-order valence-electron chi connectivity index (χ4n) is 7.25. The minimum Gasteiger partial charge on any atom is -0.444 e. The van der Waals surface area contributed by atoms with Crippen LogP contribution in [0, 0.1) is 17.7 Å². The standard InChI is InChI=1S/C33H40FN5O7S/c1-20-9-4-3-7-14-35-27-12-5-6-13-29(27)47(44,45)37-31(42)33(16-25(20)33)36-30(41)28-15-23(18-39(28)21(2)40)46-32(43)38-17-22-10-8-11-26(34)24(22)19-38/h5-6,8,10-13,20,23,25,28,35H,3-4,7,9,14-19H2,1-2H3,(H,36,41)(H,37,42)/t20?,23-,25?,28+,33-/m1/s1. The molecule has 12 nitrogen and oxygen atoms in total. The van der Waals surface area contributed by atoms with Gasteiger partial charge in [-0.25, -0.2) is 22.3 Å². The van der Waals surface area contributed by atoms with Gasteiger partial charge in [-0.2, -0.15) is 0 Å². The normalized spacial score (nSPS) is 28.4. The molecule has 0 spiro atoms. The third kappa shape index (κ3) is 6.52. The van der Waals surface area contributed by atoms with E-state index in [4.69, 9.17) is 4.74 Å². The van der Waals surface area contributed by atoms with Crippen LogP contribution in [0.2, 0.25) is 0 Å². The molecular weight excluding hydrogens is 629 g/mol. The van der Waals surface area contributed by atoms with E-state index in [1.54, 1.807) is 30.3 Å². The Labute approximate surface area is 273 Å². The van der Waals surface area contributed by atoms with Gasteiger partial charge in [-0.3, -0.25) is 19.3 Å². The maximum absolute atomic E-state index is 14.2. The summed E-state index contributed by atoms with van der Waals surface area (Å²) in [5.41, 5.74) is 0.00904. The van der Waals surface area contributed by atoms with Crippen LogP contribution in [0.4, 0.5) is 14.9 Å². The number of amides is 4. The summed E-state index contributed by atoms with van der Waals surface area (Å²) in [5.74, 6) is -2.57. The van der Waals surface area contributed by atoms with Gasteiger partial charge in [0, 0.05) is 32.0 Å². The van der Waals surface area contributed by atoms with Crippen molar-refractivity contribution in [2.24, 2.45) is 11.8 Å². The van der Waals surface area contributed by atoms with Crippen molar-refractivity contribution >= 4 is 39.5 Å². The first kappa shape index (κ1) is 32.7. The number of fused-ring (bicyclic) bond motifs is 3. The topological polar surface area (TPSA) is 154 Å². The molecule has 5 atom stereocenters. The molecule has 2 fully saturated rings. The monoisotopic (exact) mass is 669 g/mol. The van der Waals surface area contributed by atoms with Crippen LogP contribution in [0.3, 0.4) is 0 Å². The number of carbonyl (C=O) groups excluding carboxylic acids is 4. The van der Waals surface area contributed by atoms with E-state index < -0.39 is 57.3 Å². The second-order valence-corrected chi connectivity index (χ2v) is 14.8. The predicted molar refractivity (Wildman–Crippen MR) is 169 cm³/mol. The molecule has 3 aliphatic heterocycles. The van der Waals surface area contributed by atoms with E-state index in [0.29, 0.717) is 23.4 Å². The van der Waals surface area contributed by atoms with Crippen LogP contribution >= 0.6 is 0 Å². The quantitative estimate of drug-likeness (QED) is 0.450. The number of ether oxygens (including phenoxy) is 1. The van der Waals surface area contributed by atoms with Gasteiger partial charge in [0.15, 0.2) is 0 Å². The van der Waals surface area contributed by atoms with E-state index in [1.807, 2.05) is 6.92 Å². The van der Waals surface area contributed by atoms with Crippen molar-refractivity contribution < 1.29 is 36.7 Å². The molecule has 6 rings (SSSR count). The average Bonchev–Trinajstić information content (AvgIpc) is 3.35. The van der Waals surface area contributed by atoms with Crippen molar-refractivity contribution in [3.05, 3.63) is 59.4 Å². The number of hydrogen-bond donors (Lipinski definition) is 3. The maximum atomic E-state index is 14.2. The first-order valence-electron chi connectivity index (χ1n) is 16.1. The maximum Gasteiger partial charge on any atom is 0.410 e. The second-order valence-electron chi connectivity index (χ2n) is 13.1. The summed E-state index contributed by atoms with van der Waals surface area (Å²) in [6.07, 6.45) is 2.20. The highest BCUT2D eigenvalue weighted by atomic mass is 32.2. The summed E-state index contributed by atoms with van der Waals surface area (Å²) >= 11 is 0. The molecule has 2 unspecified atom stereocenters. The lowest BCUT2D eigenvalue weighted by Gasteiger charge is -2.27. The average molecular weight is 670 g/mol.